The van der Waals surface area contributed by atoms with Gasteiger partial charge in [0.15, 0.2) is 11.4 Å². The largest absolute Gasteiger partial charge is 0.481 e. The summed E-state index contributed by atoms with van der Waals surface area (Å²) in [7, 11) is 0. The SMILES string of the molecule is CCON=C(C(=O)NC1C(=O)N2C(C(=O)O)=C(CSc3ccc4nn(CCC(=O)O)c(=O)n4n3)CS[C@@H]12)c1ccco1. The van der Waals surface area contributed by atoms with Gasteiger partial charge in [-0.25, -0.2) is 14.3 Å². The van der Waals surface area contributed by atoms with Crippen molar-refractivity contribution in [3.8, 4) is 0 Å². The Morgan fingerprint density at radius 2 is 2.05 bits per heavy atom. The third-order valence-corrected chi connectivity index (χ3v) is 8.48. The van der Waals surface area contributed by atoms with Crippen molar-refractivity contribution in [2.45, 2.75) is 36.3 Å². The monoisotopic (exact) mass is 617 g/mol. The first kappa shape index (κ1) is 28.9. The van der Waals surface area contributed by atoms with Crippen LogP contribution in [0.4, 0.5) is 0 Å². The maximum atomic E-state index is 13.1. The van der Waals surface area contributed by atoms with Gasteiger partial charge in [0.25, 0.3) is 11.8 Å². The molecule has 2 atom stereocenters. The molecule has 1 fully saturated rings. The fourth-order valence-electron chi connectivity index (χ4n) is 4.22. The molecule has 1 unspecified atom stereocenters. The molecular formula is C24H23N7O9S2. The fourth-order valence-corrected chi connectivity index (χ4v) is 6.56. The predicted molar refractivity (Wildman–Crippen MR) is 147 cm³/mol. The highest BCUT2D eigenvalue weighted by Gasteiger charge is 2.54. The number of thioether (sulfide) groups is 2. The molecule has 2 aliphatic rings. The summed E-state index contributed by atoms with van der Waals surface area (Å²) in [5, 5.41) is 33.3. The van der Waals surface area contributed by atoms with Crippen molar-refractivity contribution in [3.05, 3.63) is 58.0 Å². The van der Waals surface area contributed by atoms with Gasteiger partial charge in [-0.15, -0.1) is 28.6 Å². The van der Waals surface area contributed by atoms with Gasteiger partial charge in [0.2, 0.25) is 5.71 Å². The summed E-state index contributed by atoms with van der Waals surface area (Å²) in [6, 6.07) is 5.26. The molecule has 3 aromatic heterocycles. The van der Waals surface area contributed by atoms with E-state index in [1.165, 1.54) is 24.1 Å². The van der Waals surface area contributed by atoms with E-state index >= 15 is 0 Å². The summed E-state index contributed by atoms with van der Waals surface area (Å²) in [6.07, 6.45) is 1.09. The summed E-state index contributed by atoms with van der Waals surface area (Å²) < 4.78 is 7.30. The van der Waals surface area contributed by atoms with Gasteiger partial charge < -0.3 is 24.8 Å². The summed E-state index contributed by atoms with van der Waals surface area (Å²) in [5.41, 5.74) is -0.229. The number of aliphatic carboxylic acids is 2. The van der Waals surface area contributed by atoms with Crippen LogP contribution >= 0.6 is 23.5 Å². The van der Waals surface area contributed by atoms with Crippen molar-refractivity contribution >= 4 is 58.6 Å². The molecule has 220 valence electrons. The Labute approximate surface area is 244 Å². The smallest absolute Gasteiger partial charge is 0.367 e. The van der Waals surface area contributed by atoms with E-state index in [0.717, 1.165) is 25.9 Å². The van der Waals surface area contributed by atoms with Crippen molar-refractivity contribution in [1.82, 2.24) is 29.6 Å². The minimum atomic E-state index is -1.29. The lowest BCUT2D eigenvalue weighted by Crippen LogP contribution is -2.71. The molecule has 42 heavy (non-hydrogen) atoms. The van der Waals surface area contributed by atoms with Gasteiger partial charge in [-0.3, -0.25) is 19.3 Å². The molecule has 5 rings (SSSR count). The summed E-state index contributed by atoms with van der Waals surface area (Å²) >= 11 is 2.46. The summed E-state index contributed by atoms with van der Waals surface area (Å²) in [4.78, 5) is 67.8. The number of nitrogens with one attached hydrogen (secondary N) is 1. The van der Waals surface area contributed by atoms with E-state index in [2.05, 4.69) is 20.7 Å². The Morgan fingerprint density at radius 1 is 1.24 bits per heavy atom. The standard InChI is InChI=1S/C24H23N7O9S2/c1-2-40-28-17(13-4-3-9-39-13)20(34)25-18-21(35)30-19(23(36)37)12(11-42-22(18)30)10-41-15-6-5-14-26-29(8-7-16(32)33)24(38)31(14)27-15/h3-6,9,18,22H,2,7-8,10-11H2,1H3,(H,25,34)(H,32,33)(H,36,37)/t18?,22-/m0/s1. The highest BCUT2D eigenvalue weighted by molar-refractivity contribution is 8.01. The minimum absolute atomic E-state index is 0.109. The van der Waals surface area contributed by atoms with Gasteiger partial charge in [-0.1, -0.05) is 5.16 Å². The number of carboxylic acid groups (broad SMARTS) is 2. The molecule has 0 saturated carbocycles. The molecule has 5 heterocycles. The number of carbonyl (C=O) groups is 4. The number of carbonyl (C=O) groups excluding carboxylic acids is 2. The first-order chi connectivity index (χ1) is 20.2. The first-order valence-electron chi connectivity index (χ1n) is 12.5. The maximum Gasteiger partial charge on any atom is 0.367 e. The van der Waals surface area contributed by atoms with Gasteiger partial charge in [-0.2, -0.15) is 9.61 Å². The number of aryl methyl sites for hydroxylation is 1. The number of rotatable bonds is 12. The topological polar surface area (TPSA) is 211 Å². The Kier molecular flexibility index (Phi) is 8.34. The fraction of sp³-hybridized carbons (Fsp3) is 0.333. The Morgan fingerprint density at radius 3 is 2.74 bits per heavy atom. The Bertz CT molecular complexity index is 1680. The second-order valence-corrected chi connectivity index (χ2v) is 10.9. The van der Waals surface area contributed by atoms with Gasteiger partial charge in [0, 0.05) is 11.5 Å². The lowest BCUT2D eigenvalue weighted by atomic mass is 10.0. The van der Waals surface area contributed by atoms with E-state index in [1.54, 1.807) is 25.1 Å². The van der Waals surface area contributed by atoms with Gasteiger partial charge >= 0.3 is 17.6 Å². The number of fused-ring (bicyclic) bond motifs is 2. The number of oxime groups is 1. The average Bonchev–Trinajstić information content (AvgIpc) is 3.61. The van der Waals surface area contributed by atoms with Crippen molar-refractivity contribution < 1.29 is 38.6 Å². The Hall–Kier alpha value is -4.58. The molecule has 16 nitrogen and oxygen atoms in total. The third kappa shape index (κ3) is 5.62. The second-order valence-electron chi connectivity index (χ2n) is 8.83. The highest BCUT2D eigenvalue weighted by Crippen LogP contribution is 2.41. The summed E-state index contributed by atoms with van der Waals surface area (Å²) in [6.45, 7) is 1.79. The molecule has 3 aromatic rings. The molecule has 2 amide bonds. The molecule has 0 aliphatic carbocycles. The lowest BCUT2D eigenvalue weighted by molar-refractivity contribution is -0.150. The lowest BCUT2D eigenvalue weighted by Gasteiger charge is -2.49. The minimum Gasteiger partial charge on any atom is -0.481 e. The van der Waals surface area contributed by atoms with E-state index in [-0.39, 0.29) is 53.9 Å². The van der Waals surface area contributed by atoms with Crippen LogP contribution < -0.4 is 11.0 Å². The number of hydrogen-bond donors (Lipinski definition) is 3. The van der Waals surface area contributed by atoms with Crippen molar-refractivity contribution in [1.29, 1.82) is 0 Å². The van der Waals surface area contributed by atoms with E-state index in [9.17, 15) is 29.1 Å². The van der Waals surface area contributed by atoms with Crippen LogP contribution in [-0.4, -0.2) is 93.5 Å². The van der Waals surface area contributed by atoms with Crippen LogP contribution in [0.15, 0.2) is 61.2 Å². The van der Waals surface area contributed by atoms with Crippen molar-refractivity contribution in [2.75, 3.05) is 18.1 Å². The van der Waals surface area contributed by atoms with E-state index in [4.69, 9.17) is 14.4 Å². The molecule has 0 radical (unpaired) electrons. The molecule has 0 aromatic carbocycles. The molecule has 18 heteroatoms. The maximum absolute atomic E-state index is 13.1. The highest BCUT2D eigenvalue weighted by atomic mass is 32.2. The zero-order valence-corrected chi connectivity index (χ0v) is 23.5. The van der Waals surface area contributed by atoms with E-state index in [0.29, 0.717) is 10.6 Å². The van der Waals surface area contributed by atoms with Gasteiger partial charge in [0.05, 0.1) is 19.2 Å². The number of β-lactam (4-membered cyclic amide) rings is 1. The van der Waals surface area contributed by atoms with Crippen LogP contribution in [0.2, 0.25) is 0 Å². The van der Waals surface area contributed by atoms with Gasteiger partial charge in [0.1, 0.15) is 28.7 Å². The quantitative estimate of drug-likeness (QED) is 0.108. The normalized spacial score (nSPS) is 18.5. The molecule has 1 saturated heterocycles. The number of furan rings is 1. The van der Waals surface area contributed by atoms with Crippen LogP contribution in [-0.2, 0) is 30.6 Å². The van der Waals surface area contributed by atoms with E-state index < -0.39 is 40.9 Å². The van der Waals surface area contributed by atoms with E-state index in [1.807, 2.05) is 0 Å². The number of hydrogen-bond acceptors (Lipinski definition) is 12. The third-order valence-electron chi connectivity index (χ3n) is 6.14. The first-order valence-corrected chi connectivity index (χ1v) is 14.5. The zero-order valence-electron chi connectivity index (χ0n) is 21.8. The molecule has 3 N–H and O–H groups in total. The van der Waals surface area contributed by atoms with Crippen LogP contribution in [0.25, 0.3) is 5.65 Å². The average molecular weight is 618 g/mol. The van der Waals surface area contributed by atoms with Crippen LogP contribution in [0.5, 0.6) is 0 Å². The van der Waals surface area contributed by atoms with Crippen LogP contribution in [0, 0.1) is 0 Å². The van der Waals surface area contributed by atoms with Crippen LogP contribution in [0.3, 0.4) is 0 Å². The predicted octanol–water partition coefficient (Wildman–Crippen LogP) is 0.230. The number of aromatic nitrogens is 4. The number of nitrogens with zero attached hydrogens (tertiary/aromatic N) is 6. The van der Waals surface area contributed by atoms with Crippen LogP contribution in [0.1, 0.15) is 19.1 Å². The summed E-state index contributed by atoms with van der Waals surface area (Å²) in [5.74, 6) is -3.08. The Balaban J connectivity index is 1.29. The zero-order chi connectivity index (χ0) is 30.0. The molecule has 2 aliphatic heterocycles. The second kappa shape index (κ2) is 12.1. The number of carboxylic acids is 2. The van der Waals surface area contributed by atoms with Gasteiger partial charge in [-0.05, 0) is 36.8 Å². The van der Waals surface area contributed by atoms with Crippen molar-refractivity contribution in [3.63, 3.8) is 0 Å². The van der Waals surface area contributed by atoms with Crippen molar-refractivity contribution in [2.24, 2.45) is 5.16 Å². The number of amides is 2. The molecule has 0 bridgehead atoms. The molecule has 0 spiro atoms. The molecular weight excluding hydrogens is 594 g/mol.